The van der Waals surface area contributed by atoms with Gasteiger partial charge in [-0.15, -0.1) is 16.7 Å². The van der Waals surface area contributed by atoms with Crippen LogP contribution in [-0.4, -0.2) is 20.2 Å². The van der Waals surface area contributed by atoms with E-state index in [-0.39, 0.29) is 5.41 Å². The summed E-state index contributed by atoms with van der Waals surface area (Å²) in [5.74, 6) is 0.948. The summed E-state index contributed by atoms with van der Waals surface area (Å²) in [6.07, 6.45) is 0. The molecule has 0 fully saturated rings. The second-order valence-corrected chi connectivity index (χ2v) is 5.20. The number of alkyl halides is 1. The lowest BCUT2D eigenvalue weighted by molar-refractivity contribution is 0.590. The SMILES string of the molecule is CC(C)(C)c1ccc(-n2nnnc2CCl)cc1. The highest BCUT2D eigenvalue weighted by Crippen LogP contribution is 2.23. The molecule has 0 saturated carbocycles. The number of aromatic nitrogens is 4. The first-order chi connectivity index (χ1) is 8.02. The summed E-state index contributed by atoms with van der Waals surface area (Å²) in [5.41, 5.74) is 2.36. The molecule has 0 aliphatic heterocycles. The minimum absolute atomic E-state index is 0.147. The Balaban J connectivity index is 2.36. The lowest BCUT2D eigenvalue weighted by Gasteiger charge is -2.19. The molecular weight excluding hydrogens is 236 g/mol. The van der Waals surface area contributed by atoms with Gasteiger partial charge in [-0.1, -0.05) is 32.9 Å². The number of tetrazole rings is 1. The first-order valence-corrected chi connectivity index (χ1v) is 6.00. The van der Waals surface area contributed by atoms with E-state index in [9.17, 15) is 0 Å². The van der Waals surface area contributed by atoms with Crippen molar-refractivity contribution in [1.29, 1.82) is 0 Å². The van der Waals surface area contributed by atoms with Crippen molar-refractivity contribution in [3.63, 3.8) is 0 Å². The highest BCUT2D eigenvalue weighted by atomic mass is 35.5. The predicted octanol–water partition coefficient (Wildman–Crippen LogP) is 2.70. The zero-order valence-electron chi connectivity index (χ0n) is 10.2. The van der Waals surface area contributed by atoms with Gasteiger partial charge in [-0.05, 0) is 33.5 Å². The quantitative estimate of drug-likeness (QED) is 0.770. The van der Waals surface area contributed by atoms with Gasteiger partial charge in [0.25, 0.3) is 0 Å². The summed E-state index contributed by atoms with van der Waals surface area (Å²) >= 11 is 5.76. The van der Waals surface area contributed by atoms with E-state index in [1.165, 1.54) is 5.56 Å². The maximum atomic E-state index is 5.76. The lowest BCUT2D eigenvalue weighted by atomic mass is 9.87. The second-order valence-electron chi connectivity index (χ2n) is 4.94. The number of benzene rings is 1. The lowest BCUT2D eigenvalue weighted by Crippen LogP contribution is -2.11. The molecule has 90 valence electrons. The molecule has 0 amide bonds. The monoisotopic (exact) mass is 250 g/mol. The molecule has 2 aromatic rings. The molecular formula is C12H15ClN4. The molecule has 1 aromatic carbocycles. The van der Waals surface area contributed by atoms with Gasteiger partial charge in [0.2, 0.25) is 0 Å². The third-order valence-electron chi connectivity index (χ3n) is 2.63. The van der Waals surface area contributed by atoms with Gasteiger partial charge in [0, 0.05) is 0 Å². The zero-order valence-corrected chi connectivity index (χ0v) is 10.9. The van der Waals surface area contributed by atoms with Gasteiger partial charge in [-0.2, -0.15) is 4.68 Å². The standard InChI is InChI=1S/C12H15ClN4/c1-12(2,3)9-4-6-10(7-5-9)17-11(8-13)14-15-16-17/h4-7H,8H2,1-3H3. The Kier molecular flexibility index (Phi) is 3.15. The minimum atomic E-state index is 0.147. The van der Waals surface area contributed by atoms with Gasteiger partial charge in [-0.3, -0.25) is 0 Å². The van der Waals surface area contributed by atoms with Crippen LogP contribution in [0.25, 0.3) is 5.69 Å². The Bertz CT molecular complexity index is 496. The molecule has 5 heteroatoms. The molecule has 0 aliphatic rings. The molecule has 1 heterocycles. The fourth-order valence-corrected chi connectivity index (χ4v) is 1.76. The Morgan fingerprint density at radius 3 is 2.35 bits per heavy atom. The van der Waals surface area contributed by atoms with E-state index in [0.717, 1.165) is 5.69 Å². The summed E-state index contributed by atoms with van der Waals surface area (Å²) in [6.45, 7) is 6.55. The van der Waals surface area contributed by atoms with Gasteiger partial charge in [0.05, 0.1) is 11.6 Å². The van der Waals surface area contributed by atoms with Crippen LogP contribution in [0.4, 0.5) is 0 Å². The van der Waals surface area contributed by atoms with Crippen molar-refractivity contribution < 1.29 is 0 Å². The molecule has 2 rings (SSSR count). The average molecular weight is 251 g/mol. The number of halogens is 1. The molecule has 4 nitrogen and oxygen atoms in total. The maximum Gasteiger partial charge on any atom is 0.171 e. The van der Waals surface area contributed by atoms with E-state index in [0.29, 0.717) is 11.7 Å². The van der Waals surface area contributed by atoms with Crippen LogP contribution in [0.1, 0.15) is 32.2 Å². The Morgan fingerprint density at radius 2 is 1.82 bits per heavy atom. The highest BCUT2D eigenvalue weighted by molar-refractivity contribution is 6.16. The molecule has 17 heavy (non-hydrogen) atoms. The molecule has 0 bridgehead atoms. The smallest absolute Gasteiger partial charge is 0.171 e. The van der Waals surface area contributed by atoms with Crippen LogP contribution in [0.2, 0.25) is 0 Å². The number of rotatable bonds is 2. The summed E-state index contributed by atoms with van der Waals surface area (Å²) in [4.78, 5) is 0. The van der Waals surface area contributed by atoms with Crippen molar-refractivity contribution >= 4 is 11.6 Å². The van der Waals surface area contributed by atoms with Crippen molar-refractivity contribution in [2.75, 3.05) is 0 Å². The molecule has 0 saturated heterocycles. The van der Waals surface area contributed by atoms with Crippen LogP contribution in [0.15, 0.2) is 24.3 Å². The Morgan fingerprint density at radius 1 is 1.18 bits per heavy atom. The first kappa shape index (κ1) is 12.0. The van der Waals surface area contributed by atoms with Gasteiger partial charge < -0.3 is 0 Å². The maximum absolute atomic E-state index is 5.76. The fourth-order valence-electron chi connectivity index (χ4n) is 1.59. The second kappa shape index (κ2) is 4.45. The molecule has 0 aliphatic carbocycles. The van der Waals surface area contributed by atoms with E-state index in [4.69, 9.17) is 11.6 Å². The molecule has 0 radical (unpaired) electrons. The van der Waals surface area contributed by atoms with Crippen molar-refractivity contribution in [1.82, 2.24) is 20.2 Å². The van der Waals surface area contributed by atoms with E-state index in [1.54, 1.807) is 4.68 Å². The minimum Gasteiger partial charge on any atom is -0.196 e. The van der Waals surface area contributed by atoms with Crippen LogP contribution in [0, 0.1) is 0 Å². The topological polar surface area (TPSA) is 43.6 Å². The molecule has 0 atom stereocenters. The highest BCUT2D eigenvalue weighted by Gasteiger charge is 2.14. The largest absolute Gasteiger partial charge is 0.196 e. The first-order valence-electron chi connectivity index (χ1n) is 5.46. The summed E-state index contributed by atoms with van der Waals surface area (Å²) in [6, 6.07) is 8.20. The van der Waals surface area contributed by atoms with E-state index in [2.05, 4.69) is 48.4 Å². The summed E-state index contributed by atoms with van der Waals surface area (Å²) < 4.78 is 1.65. The number of hydrogen-bond donors (Lipinski definition) is 0. The van der Waals surface area contributed by atoms with Crippen LogP contribution in [-0.2, 0) is 11.3 Å². The number of nitrogens with zero attached hydrogens (tertiary/aromatic N) is 4. The van der Waals surface area contributed by atoms with E-state index in [1.807, 2.05) is 12.1 Å². The van der Waals surface area contributed by atoms with Gasteiger partial charge in [0.15, 0.2) is 5.82 Å². The van der Waals surface area contributed by atoms with Gasteiger partial charge in [-0.25, -0.2) is 0 Å². The molecule has 0 N–H and O–H groups in total. The predicted molar refractivity (Wildman–Crippen MR) is 67.4 cm³/mol. The van der Waals surface area contributed by atoms with E-state index >= 15 is 0 Å². The van der Waals surface area contributed by atoms with Crippen LogP contribution >= 0.6 is 11.6 Å². The Labute approximate surface area is 106 Å². The van der Waals surface area contributed by atoms with Crippen LogP contribution < -0.4 is 0 Å². The average Bonchev–Trinajstić information content (AvgIpc) is 2.76. The van der Waals surface area contributed by atoms with Crippen molar-refractivity contribution in [3.8, 4) is 5.69 Å². The van der Waals surface area contributed by atoms with Gasteiger partial charge >= 0.3 is 0 Å². The fraction of sp³-hybridized carbons (Fsp3) is 0.417. The third-order valence-corrected chi connectivity index (χ3v) is 2.87. The summed E-state index contributed by atoms with van der Waals surface area (Å²) in [7, 11) is 0. The summed E-state index contributed by atoms with van der Waals surface area (Å²) in [5, 5.41) is 11.4. The molecule has 0 unspecified atom stereocenters. The van der Waals surface area contributed by atoms with Gasteiger partial charge in [0.1, 0.15) is 0 Å². The van der Waals surface area contributed by atoms with E-state index < -0.39 is 0 Å². The zero-order chi connectivity index (χ0) is 12.5. The third kappa shape index (κ3) is 2.47. The number of hydrogen-bond acceptors (Lipinski definition) is 3. The van der Waals surface area contributed by atoms with Crippen molar-refractivity contribution in [2.24, 2.45) is 0 Å². The normalized spacial score (nSPS) is 11.8. The Hall–Kier alpha value is -1.42. The van der Waals surface area contributed by atoms with Crippen molar-refractivity contribution in [2.45, 2.75) is 32.1 Å². The van der Waals surface area contributed by atoms with Crippen molar-refractivity contribution in [3.05, 3.63) is 35.7 Å². The molecule has 0 spiro atoms. The molecule has 1 aromatic heterocycles. The van der Waals surface area contributed by atoms with Crippen LogP contribution in [0.5, 0.6) is 0 Å². The van der Waals surface area contributed by atoms with Crippen LogP contribution in [0.3, 0.4) is 0 Å².